The van der Waals surface area contributed by atoms with Crippen molar-refractivity contribution in [3.63, 3.8) is 0 Å². The minimum absolute atomic E-state index is 0. The van der Waals surface area contributed by atoms with Gasteiger partial charge in [-0.25, -0.2) is 8.42 Å². The average molecular weight is 987 g/mol. The first-order valence-electron chi connectivity index (χ1n) is 21.7. The van der Waals surface area contributed by atoms with Gasteiger partial charge in [0.15, 0.2) is 11.6 Å². The lowest BCUT2D eigenvalue weighted by atomic mass is 9.54. The molecule has 20 heteroatoms. The number of nitrogens with zero attached hydrogens (tertiary/aromatic N) is 5. The third kappa shape index (κ3) is 9.86. The molecule has 0 atom stereocenters. The second-order valence-corrected chi connectivity index (χ2v) is 18.9. The van der Waals surface area contributed by atoms with Crippen molar-refractivity contribution in [2.24, 2.45) is 10.8 Å². The number of nitro groups is 4. The third-order valence-electron chi connectivity index (χ3n) is 13.1. The van der Waals surface area contributed by atoms with Crippen molar-refractivity contribution >= 4 is 81.1 Å². The summed E-state index contributed by atoms with van der Waals surface area (Å²) in [4.78, 5) is 68.5. The number of non-ortho nitro benzene ring substituents is 4. The Morgan fingerprint density at radius 3 is 1.03 bits per heavy atom. The number of nitrogens with one attached hydrogen (secondary N) is 1. The van der Waals surface area contributed by atoms with Crippen LogP contribution >= 0.6 is 12.4 Å². The number of piperidine rings is 2. The van der Waals surface area contributed by atoms with Crippen LogP contribution in [-0.2, 0) is 19.6 Å². The highest BCUT2D eigenvalue weighted by Gasteiger charge is 2.56. The summed E-state index contributed by atoms with van der Waals surface area (Å²) < 4.78 is 27.8. The number of halogens is 1. The topological polar surface area (TPSA) is 256 Å². The monoisotopic (exact) mass is 986 g/mol. The second kappa shape index (κ2) is 20.4. The minimum Gasteiger partial charge on any atom is -0.317 e. The van der Waals surface area contributed by atoms with Crippen LogP contribution in [0.3, 0.4) is 0 Å². The number of Topliss-reactive ketones (excluding diaryl/α,β-unsaturated/α-hetero) is 2. The van der Waals surface area contributed by atoms with Crippen molar-refractivity contribution in [3.05, 3.63) is 212 Å². The number of ketones is 2. The number of rotatable bonds is 10. The molecule has 2 aliphatic heterocycles. The molecule has 0 radical (unpaired) electrons. The molecule has 2 aliphatic carbocycles. The van der Waals surface area contributed by atoms with E-state index in [4.69, 9.17) is 0 Å². The molecule has 2 spiro atoms. The van der Waals surface area contributed by atoms with Gasteiger partial charge in [-0.15, -0.1) is 12.4 Å². The van der Waals surface area contributed by atoms with Gasteiger partial charge in [0.05, 0.1) is 24.6 Å². The molecule has 0 bridgehead atoms. The van der Waals surface area contributed by atoms with Gasteiger partial charge in [-0.2, -0.15) is 4.31 Å². The average Bonchev–Trinajstić information content (AvgIpc) is 3.37. The molecule has 0 amide bonds. The van der Waals surface area contributed by atoms with E-state index in [9.17, 15) is 58.5 Å². The van der Waals surface area contributed by atoms with Crippen LogP contribution in [0.1, 0.15) is 47.9 Å². The molecule has 2 heterocycles. The highest BCUT2D eigenvalue weighted by molar-refractivity contribution is 7.89. The molecule has 0 unspecified atom stereocenters. The number of sulfonamides is 1. The van der Waals surface area contributed by atoms with E-state index in [1.54, 1.807) is 91.0 Å². The van der Waals surface area contributed by atoms with Crippen molar-refractivity contribution in [3.8, 4) is 0 Å². The van der Waals surface area contributed by atoms with Crippen LogP contribution in [-0.4, -0.2) is 70.2 Å². The van der Waals surface area contributed by atoms with Crippen molar-refractivity contribution < 1.29 is 37.7 Å². The largest absolute Gasteiger partial charge is 0.317 e. The van der Waals surface area contributed by atoms with Gasteiger partial charge in [-0.05, 0) is 146 Å². The fourth-order valence-corrected chi connectivity index (χ4v) is 10.8. The summed E-state index contributed by atoms with van der Waals surface area (Å²) in [5.41, 5.74) is 3.99. The minimum atomic E-state index is -3.71. The summed E-state index contributed by atoms with van der Waals surface area (Å²) in [6, 6.07) is 32.2. The van der Waals surface area contributed by atoms with Crippen LogP contribution in [0, 0.1) is 51.3 Å². The van der Waals surface area contributed by atoms with Gasteiger partial charge in [0.2, 0.25) is 10.0 Å². The predicted octanol–water partition coefficient (Wildman–Crippen LogP) is 9.37. The Bertz CT molecular complexity index is 2970. The molecule has 5 aromatic rings. The number of hydrogen-bond donors (Lipinski definition) is 1. The SMILES string of the molecule is Cl.O=C1/C(=C/c2ccc([N+](=O)[O-])cc2)C2(CCN(S(=O)(=O)c3ccccc3)CC2)/C1=C\c1ccc([N+](=O)[O-])cc1.O=C1/C(=C/c2ccc([N+](=O)[O-])cc2)C2(CCNCC2)/C1=C\c1ccc([N+](=O)[O-])cc1. The quantitative estimate of drug-likeness (QED) is 0.0778. The Morgan fingerprint density at radius 1 is 0.457 bits per heavy atom. The van der Waals surface area contributed by atoms with Gasteiger partial charge in [0.25, 0.3) is 22.7 Å². The summed E-state index contributed by atoms with van der Waals surface area (Å²) in [5, 5.41) is 47.1. The van der Waals surface area contributed by atoms with Crippen molar-refractivity contribution in [1.82, 2.24) is 9.62 Å². The fourth-order valence-electron chi connectivity index (χ4n) is 9.36. The maximum atomic E-state index is 13.4. The van der Waals surface area contributed by atoms with E-state index in [0.717, 1.165) is 37.1 Å². The molecular formula is C50H43ClN6O12S. The van der Waals surface area contributed by atoms with E-state index in [0.29, 0.717) is 46.3 Å². The van der Waals surface area contributed by atoms with Crippen LogP contribution in [0.4, 0.5) is 22.7 Å². The lowest BCUT2D eigenvalue weighted by Crippen LogP contribution is -2.52. The van der Waals surface area contributed by atoms with Gasteiger partial charge in [0.1, 0.15) is 0 Å². The molecule has 358 valence electrons. The maximum absolute atomic E-state index is 13.4. The van der Waals surface area contributed by atoms with Crippen molar-refractivity contribution in [2.45, 2.75) is 30.6 Å². The van der Waals surface area contributed by atoms with Crippen LogP contribution in [0.25, 0.3) is 24.3 Å². The Labute approximate surface area is 406 Å². The van der Waals surface area contributed by atoms with E-state index in [1.807, 2.05) is 12.2 Å². The van der Waals surface area contributed by atoms with Crippen LogP contribution in [0.15, 0.2) is 155 Å². The first-order chi connectivity index (χ1) is 33.0. The Kier molecular flexibility index (Phi) is 14.6. The van der Waals surface area contributed by atoms with E-state index in [1.165, 1.54) is 52.8 Å². The van der Waals surface area contributed by atoms with Crippen LogP contribution < -0.4 is 5.32 Å². The molecule has 2 saturated heterocycles. The molecular weight excluding hydrogens is 944 g/mol. The molecule has 70 heavy (non-hydrogen) atoms. The molecule has 0 aromatic heterocycles. The lowest BCUT2D eigenvalue weighted by Gasteiger charge is -2.50. The molecule has 4 aliphatic rings. The predicted molar refractivity (Wildman–Crippen MR) is 263 cm³/mol. The molecule has 9 rings (SSSR count). The van der Waals surface area contributed by atoms with Gasteiger partial charge in [0, 0.05) is 94.7 Å². The number of nitro benzene ring substituents is 4. The molecule has 1 N–H and O–H groups in total. The maximum Gasteiger partial charge on any atom is 0.269 e. The number of benzene rings is 5. The van der Waals surface area contributed by atoms with Crippen LogP contribution in [0.2, 0.25) is 0 Å². The summed E-state index contributed by atoms with van der Waals surface area (Å²) in [5.74, 6) is -0.250. The normalized spacial score (nSPS) is 19.4. The van der Waals surface area contributed by atoms with E-state index < -0.39 is 35.1 Å². The standard InChI is InChI=1S/C28H23N3O7S.C22H19N3O5.ClH/c32-27-25(18-20-6-10-22(11-7-20)30(33)34)28(26(27)19-21-8-12-23(13-9-21)31(35)36)14-16-29(17-15-28)39(37,38)24-4-2-1-3-5-24;26-21-19(13-15-1-5-17(6-2-15)24(27)28)22(9-11-23-12-10-22)20(21)14-16-3-7-18(8-4-16)25(29)30;/h1-13,18-19H,14-17H2;1-8,13-14,23H,9-12H2;1H/b25-18-,26-19-;19-13-,20-14-;. The first-order valence-corrected chi connectivity index (χ1v) is 23.2. The summed E-state index contributed by atoms with van der Waals surface area (Å²) in [7, 11) is -3.71. The number of hydrogen-bond acceptors (Lipinski definition) is 13. The van der Waals surface area contributed by atoms with Crippen molar-refractivity contribution in [1.29, 1.82) is 0 Å². The van der Waals surface area contributed by atoms with Gasteiger partial charge in [-0.1, -0.05) is 18.2 Å². The highest BCUT2D eigenvalue weighted by atomic mass is 35.5. The van der Waals surface area contributed by atoms with Gasteiger partial charge in [-0.3, -0.25) is 50.0 Å². The zero-order valence-corrected chi connectivity index (χ0v) is 38.7. The lowest BCUT2D eigenvalue weighted by molar-refractivity contribution is -0.385. The van der Waals surface area contributed by atoms with Gasteiger partial charge < -0.3 is 5.32 Å². The molecule has 18 nitrogen and oxygen atoms in total. The third-order valence-corrected chi connectivity index (χ3v) is 15.0. The van der Waals surface area contributed by atoms with E-state index in [-0.39, 0.29) is 70.1 Å². The number of allylic oxidation sites excluding steroid dienone is 4. The van der Waals surface area contributed by atoms with E-state index >= 15 is 0 Å². The summed E-state index contributed by atoms with van der Waals surface area (Å²) in [6.45, 7) is 1.95. The molecule has 2 saturated carbocycles. The van der Waals surface area contributed by atoms with Crippen LogP contribution in [0.5, 0.6) is 0 Å². The highest BCUT2D eigenvalue weighted by Crippen LogP contribution is 2.57. The summed E-state index contributed by atoms with van der Waals surface area (Å²) in [6.07, 6.45) is 9.34. The number of carbonyl (C=O) groups is 2. The first kappa shape index (κ1) is 50.0. The second-order valence-electron chi connectivity index (χ2n) is 16.9. The smallest absolute Gasteiger partial charge is 0.269 e. The molecule has 5 aromatic carbocycles. The molecule has 4 fully saturated rings. The zero-order chi connectivity index (χ0) is 49.1. The van der Waals surface area contributed by atoms with E-state index in [2.05, 4.69) is 5.32 Å². The Hall–Kier alpha value is -7.84. The fraction of sp³-hybridized carbons (Fsp3) is 0.200. The summed E-state index contributed by atoms with van der Waals surface area (Å²) >= 11 is 0. The van der Waals surface area contributed by atoms with Gasteiger partial charge >= 0.3 is 0 Å². The zero-order valence-electron chi connectivity index (χ0n) is 37.0. The number of carbonyl (C=O) groups excluding carboxylic acids is 2. The van der Waals surface area contributed by atoms with Crippen molar-refractivity contribution in [2.75, 3.05) is 26.2 Å². The Morgan fingerprint density at radius 2 is 0.743 bits per heavy atom. The Balaban J connectivity index is 0.000000210.